The molecule has 6 rings (SSSR count). The van der Waals surface area contributed by atoms with Crippen molar-refractivity contribution in [2.45, 2.75) is 61.0 Å². The molecule has 3 heterocycles. The molecule has 10 atom stereocenters. The van der Waals surface area contributed by atoms with Gasteiger partial charge in [-0.05, 0) is 48.5 Å². The van der Waals surface area contributed by atoms with Crippen molar-refractivity contribution >= 4 is 21.8 Å². The van der Waals surface area contributed by atoms with Gasteiger partial charge in [-0.3, -0.25) is 0 Å². The van der Waals surface area contributed by atoms with E-state index >= 15 is 0 Å². The zero-order chi connectivity index (χ0) is 31.8. The first kappa shape index (κ1) is 31.2. The van der Waals surface area contributed by atoms with Gasteiger partial charge < -0.3 is 54.9 Å². The SMILES string of the molecule is OC[C@H]1O[C@H](C#Cc2ccc3c(c2)c2cc(C#C[C@H]4O[C@H](CO)[C@@H](O)[C@H](O)[C@@H]4O)ccc2n3-c2ccccc2)[C@@H](O)[C@@H](O)[C@@H]1O. The summed E-state index contributed by atoms with van der Waals surface area (Å²) in [6.07, 6.45) is -13.3. The van der Waals surface area contributed by atoms with Crippen molar-refractivity contribution in [2.24, 2.45) is 0 Å². The Bertz CT molecular complexity index is 1690. The number of rotatable bonds is 3. The molecule has 11 heteroatoms. The third-order valence-electron chi connectivity index (χ3n) is 8.28. The fourth-order valence-corrected chi connectivity index (χ4v) is 5.78. The number of para-hydroxylation sites is 1. The first-order chi connectivity index (χ1) is 21.7. The minimum absolute atomic E-state index is 0.546. The average molecular weight is 616 g/mol. The summed E-state index contributed by atoms with van der Waals surface area (Å²) in [4.78, 5) is 0. The molecule has 4 aromatic rings. The Labute approximate surface area is 258 Å². The van der Waals surface area contributed by atoms with Crippen molar-refractivity contribution in [2.75, 3.05) is 13.2 Å². The molecule has 3 aromatic carbocycles. The van der Waals surface area contributed by atoms with E-state index in [9.17, 15) is 40.9 Å². The molecule has 8 N–H and O–H groups in total. The lowest BCUT2D eigenvalue weighted by atomic mass is 9.95. The lowest BCUT2D eigenvalue weighted by Gasteiger charge is -2.37. The normalized spacial score (nSPS) is 31.6. The van der Waals surface area contributed by atoms with Crippen molar-refractivity contribution < 1.29 is 50.3 Å². The van der Waals surface area contributed by atoms with Gasteiger partial charge in [0.05, 0.1) is 24.2 Å². The van der Waals surface area contributed by atoms with Crippen molar-refractivity contribution in [3.63, 3.8) is 0 Å². The molecule has 0 radical (unpaired) electrons. The van der Waals surface area contributed by atoms with Gasteiger partial charge in [0, 0.05) is 27.6 Å². The average Bonchev–Trinajstić information content (AvgIpc) is 3.39. The number of aromatic nitrogens is 1. The van der Waals surface area contributed by atoms with E-state index in [0.29, 0.717) is 11.1 Å². The summed E-state index contributed by atoms with van der Waals surface area (Å²) in [6.45, 7) is -1.09. The summed E-state index contributed by atoms with van der Waals surface area (Å²) in [7, 11) is 0. The fraction of sp³-hybridized carbons (Fsp3) is 0.353. The van der Waals surface area contributed by atoms with E-state index in [4.69, 9.17) is 9.47 Å². The summed E-state index contributed by atoms with van der Waals surface area (Å²) in [5, 5.41) is 81.8. The van der Waals surface area contributed by atoms with Crippen LogP contribution < -0.4 is 0 Å². The molecule has 2 aliphatic rings. The standard InChI is InChI=1S/C34H33NO10/c36-16-27-31(40)33(42)29(38)25(44-27)12-8-18-6-10-23-21(14-18)22-15-19(7-11-24(22)35(23)20-4-2-1-3-5-20)9-13-26-30(39)34(43)32(41)28(17-37)45-26/h1-7,10-11,14-15,25-34,36-43H,16-17H2/t25-,26-,27-,28-,29-,30-,31-,32-,33-,34-/m1/s1. The van der Waals surface area contributed by atoms with Crippen LogP contribution in [0.2, 0.25) is 0 Å². The van der Waals surface area contributed by atoms with Crippen molar-refractivity contribution in [1.82, 2.24) is 4.57 Å². The smallest absolute Gasteiger partial charge is 0.147 e. The topological polar surface area (TPSA) is 185 Å². The predicted molar refractivity (Wildman–Crippen MR) is 162 cm³/mol. The van der Waals surface area contributed by atoms with Crippen LogP contribution in [0.4, 0.5) is 0 Å². The predicted octanol–water partition coefficient (Wildman–Crippen LogP) is -0.829. The molecule has 0 spiro atoms. The Morgan fingerprint density at radius 2 is 1.00 bits per heavy atom. The molecule has 0 saturated carbocycles. The molecule has 2 aliphatic heterocycles. The first-order valence-electron chi connectivity index (χ1n) is 14.5. The highest BCUT2D eigenvalue weighted by molar-refractivity contribution is 6.10. The van der Waals surface area contributed by atoms with Crippen LogP contribution in [-0.4, -0.2) is 120 Å². The summed E-state index contributed by atoms with van der Waals surface area (Å²) >= 11 is 0. The zero-order valence-corrected chi connectivity index (χ0v) is 23.9. The van der Waals surface area contributed by atoms with Gasteiger partial charge in [0.15, 0.2) is 0 Å². The van der Waals surface area contributed by atoms with Crippen molar-refractivity contribution in [3.05, 3.63) is 77.9 Å². The molecule has 1 aromatic heterocycles. The van der Waals surface area contributed by atoms with Gasteiger partial charge >= 0.3 is 0 Å². The number of aliphatic hydroxyl groups is 8. The van der Waals surface area contributed by atoms with Crippen molar-refractivity contribution in [1.29, 1.82) is 0 Å². The van der Waals surface area contributed by atoms with Crippen LogP contribution >= 0.6 is 0 Å². The number of nitrogens with zero attached hydrogens (tertiary/aromatic N) is 1. The van der Waals surface area contributed by atoms with E-state index in [2.05, 4.69) is 28.2 Å². The molecule has 0 amide bonds. The fourth-order valence-electron chi connectivity index (χ4n) is 5.78. The highest BCUT2D eigenvalue weighted by Crippen LogP contribution is 2.33. The maximum atomic E-state index is 10.4. The molecule has 11 nitrogen and oxygen atoms in total. The molecule has 234 valence electrons. The van der Waals surface area contributed by atoms with Crippen LogP contribution in [0.1, 0.15) is 11.1 Å². The Morgan fingerprint density at radius 3 is 1.42 bits per heavy atom. The zero-order valence-electron chi connectivity index (χ0n) is 23.9. The van der Waals surface area contributed by atoms with E-state index in [1.54, 1.807) is 0 Å². The lowest BCUT2D eigenvalue weighted by Crippen LogP contribution is -2.58. The Hall–Kier alpha value is -3.82. The van der Waals surface area contributed by atoms with Crippen LogP contribution in [0, 0.1) is 23.7 Å². The molecular formula is C34H33NO10. The summed E-state index contributed by atoms with van der Waals surface area (Å²) in [5.74, 6) is 11.6. The van der Waals surface area contributed by atoms with Gasteiger partial charge in [-0.15, -0.1) is 0 Å². The quantitative estimate of drug-likeness (QED) is 0.135. The number of hydrogen-bond acceptors (Lipinski definition) is 10. The molecule has 2 saturated heterocycles. The van der Waals surface area contributed by atoms with Crippen molar-refractivity contribution in [3.8, 4) is 29.4 Å². The van der Waals surface area contributed by atoms with Crippen LogP contribution in [0.3, 0.4) is 0 Å². The van der Waals surface area contributed by atoms with Gasteiger partial charge in [-0.2, -0.15) is 0 Å². The van der Waals surface area contributed by atoms with E-state index in [-0.39, 0.29) is 0 Å². The summed E-state index contributed by atoms with van der Waals surface area (Å²) in [6, 6.07) is 21.0. The minimum atomic E-state index is -1.52. The molecular weight excluding hydrogens is 582 g/mol. The third-order valence-corrected chi connectivity index (χ3v) is 8.28. The van der Waals surface area contributed by atoms with Gasteiger partial charge in [0.2, 0.25) is 0 Å². The lowest BCUT2D eigenvalue weighted by molar-refractivity contribution is -0.214. The monoisotopic (exact) mass is 615 g/mol. The summed E-state index contributed by atoms with van der Waals surface area (Å²) in [5.41, 5.74) is 3.87. The number of benzene rings is 3. The minimum Gasteiger partial charge on any atom is -0.394 e. The van der Waals surface area contributed by atoms with Gasteiger partial charge in [0.1, 0.15) is 61.0 Å². The number of ether oxygens (including phenoxy) is 2. The Balaban J connectivity index is 1.40. The second-order valence-electron chi connectivity index (χ2n) is 11.2. The Kier molecular flexibility index (Phi) is 8.93. The van der Waals surface area contributed by atoms with E-state index in [1.807, 2.05) is 66.7 Å². The highest BCUT2D eigenvalue weighted by atomic mass is 16.5. The van der Waals surface area contributed by atoms with Gasteiger partial charge in [-0.1, -0.05) is 41.9 Å². The van der Waals surface area contributed by atoms with Gasteiger partial charge in [-0.25, -0.2) is 0 Å². The number of aliphatic hydroxyl groups excluding tert-OH is 8. The highest BCUT2D eigenvalue weighted by Gasteiger charge is 2.43. The molecule has 0 bridgehead atoms. The molecule has 2 fully saturated rings. The van der Waals surface area contributed by atoms with E-state index in [0.717, 1.165) is 27.5 Å². The van der Waals surface area contributed by atoms with Crippen LogP contribution in [0.5, 0.6) is 0 Å². The molecule has 0 unspecified atom stereocenters. The maximum absolute atomic E-state index is 10.4. The van der Waals surface area contributed by atoms with E-state index < -0.39 is 74.3 Å². The van der Waals surface area contributed by atoms with Gasteiger partial charge in [0.25, 0.3) is 0 Å². The maximum Gasteiger partial charge on any atom is 0.147 e. The molecule has 0 aliphatic carbocycles. The summed E-state index contributed by atoms with van der Waals surface area (Å²) < 4.78 is 13.1. The second-order valence-corrected chi connectivity index (χ2v) is 11.2. The third kappa shape index (κ3) is 5.84. The Morgan fingerprint density at radius 1 is 0.556 bits per heavy atom. The number of fused-ring (bicyclic) bond motifs is 3. The van der Waals surface area contributed by atoms with Crippen LogP contribution in [0.15, 0.2) is 66.7 Å². The van der Waals surface area contributed by atoms with Crippen LogP contribution in [-0.2, 0) is 9.47 Å². The van der Waals surface area contributed by atoms with Crippen LogP contribution in [0.25, 0.3) is 27.5 Å². The molecule has 45 heavy (non-hydrogen) atoms. The largest absolute Gasteiger partial charge is 0.394 e. The second kappa shape index (κ2) is 12.9. The van der Waals surface area contributed by atoms with E-state index in [1.165, 1.54) is 0 Å². The first-order valence-corrected chi connectivity index (χ1v) is 14.5. The number of hydrogen-bond donors (Lipinski definition) is 8.